The fraction of sp³-hybridized carbons (Fsp3) is 0.611. The quantitative estimate of drug-likeness (QED) is 0.681. The maximum absolute atomic E-state index is 12.5. The van der Waals surface area contributed by atoms with E-state index >= 15 is 0 Å². The van der Waals surface area contributed by atoms with Crippen molar-refractivity contribution in [1.82, 2.24) is 0 Å². The lowest BCUT2D eigenvalue weighted by Gasteiger charge is -2.17. The number of carbonyl (C=O) groups excluding carboxylic acids is 1. The summed E-state index contributed by atoms with van der Waals surface area (Å²) in [7, 11) is 0. The van der Waals surface area contributed by atoms with E-state index in [-0.39, 0.29) is 40.6 Å². The van der Waals surface area contributed by atoms with E-state index < -0.39 is 0 Å². The number of hydrogen-bond donors (Lipinski definition) is 3. The van der Waals surface area contributed by atoms with Gasteiger partial charge in [-0.05, 0) is 31.6 Å². The van der Waals surface area contributed by atoms with Gasteiger partial charge in [0, 0.05) is 18.6 Å². The number of Topliss-reactive ketones (excluding diaryl/α,β-unsaturated/α-hetero) is 1. The van der Waals surface area contributed by atoms with Crippen LogP contribution in [0.25, 0.3) is 0 Å². The molecule has 0 unspecified atom stereocenters. The molecule has 128 valence electrons. The lowest BCUT2D eigenvalue weighted by molar-refractivity contribution is 0.0951. The predicted octanol–water partition coefficient (Wildman–Crippen LogP) is 3.40. The second kappa shape index (κ2) is 8.20. The van der Waals surface area contributed by atoms with Gasteiger partial charge in [0.05, 0.1) is 12.7 Å². The minimum Gasteiger partial charge on any atom is -0.508 e. The summed E-state index contributed by atoms with van der Waals surface area (Å²) in [6.07, 6.45) is 4.86. The standard InChI is InChI=1S/C18H26O5/c1-12-5-4-7-13(19)6-2-3-8-23-17-11-14(20)10-16(22)18(17)15(21)9-12/h10-13,19-20,22H,2-9H2,1H3/t12-,13+/m0/s1. The van der Waals surface area contributed by atoms with E-state index in [2.05, 4.69) is 0 Å². The molecule has 1 heterocycles. The molecule has 2 rings (SSSR count). The Morgan fingerprint density at radius 1 is 1.09 bits per heavy atom. The summed E-state index contributed by atoms with van der Waals surface area (Å²) in [5, 5.41) is 29.6. The van der Waals surface area contributed by atoms with E-state index in [9.17, 15) is 20.1 Å². The molecule has 0 bridgehead atoms. The molecule has 5 nitrogen and oxygen atoms in total. The highest BCUT2D eigenvalue weighted by Gasteiger charge is 2.21. The van der Waals surface area contributed by atoms with Crippen LogP contribution in [0.1, 0.15) is 62.2 Å². The Labute approximate surface area is 136 Å². The summed E-state index contributed by atoms with van der Waals surface area (Å²) >= 11 is 0. The van der Waals surface area contributed by atoms with Gasteiger partial charge >= 0.3 is 0 Å². The van der Waals surface area contributed by atoms with Gasteiger partial charge in [-0.15, -0.1) is 0 Å². The number of carbonyl (C=O) groups is 1. The van der Waals surface area contributed by atoms with Gasteiger partial charge in [-0.3, -0.25) is 4.79 Å². The highest BCUT2D eigenvalue weighted by Crippen LogP contribution is 2.35. The minimum absolute atomic E-state index is 0.126. The Kier molecular flexibility index (Phi) is 6.28. The van der Waals surface area contributed by atoms with Gasteiger partial charge < -0.3 is 20.1 Å². The maximum Gasteiger partial charge on any atom is 0.170 e. The Hall–Kier alpha value is -1.75. The molecule has 23 heavy (non-hydrogen) atoms. The molecule has 1 aromatic carbocycles. The average molecular weight is 322 g/mol. The third kappa shape index (κ3) is 5.13. The first-order valence-corrected chi connectivity index (χ1v) is 8.37. The number of ether oxygens (including phenoxy) is 1. The number of fused-ring (bicyclic) bond motifs is 1. The van der Waals surface area contributed by atoms with E-state index in [1.54, 1.807) is 0 Å². The Balaban J connectivity index is 2.21. The number of phenolic OH excluding ortho intramolecular Hbond substituents is 2. The van der Waals surface area contributed by atoms with Crippen LogP contribution < -0.4 is 4.74 Å². The molecule has 0 saturated carbocycles. The van der Waals surface area contributed by atoms with Gasteiger partial charge in [-0.2, -0.15) is 0 Å². The molecule has 0 aromatic heterocycles. The van der Waals surface area contributed by atoms with Crippen molar-refractivity contribution < 1.29 is 24.9 Å². The second-order valence-corrected chi connectivity index (χ2v) is 6.50. The smallest absolute Gasteiger partial charge is 0.170 e. The van der Waals surface area contributed by atoms with Crippen LogP contribution in [0.15, 0.2) is 12.1 Å². The van der Waals surface area contributed by atoms with Crippen molar-refractivity contribution >= 4 is 5.78 Å². The third-order valence-electron chi connectivity index (χ3n) is 4.30. The molecule has 1 aliphatic heterocycles. The number of rotatable bonds is 0. The summed E-state index contributed by atoms with van der Waals surface area (Å²) < 4.78 is 5.61. The number of ketones is 1. The third-order valence-corrected chi connectivity index (χ3v) is 4.30. The van der Waals surface area contributed by atoms with Crippen molar-refractivity contribution in [2.75, 3.05) is 6.61 Å². The normalized spacial score (nSPS) is 24.3. The number of hydrogen-bond acceptors (Lipinski definition) is 5. The van der Waals surface area contributed by atoms with Crippen LogP contribution in [0.2, 0.25) is 0 Å². The lowest BCUT2D eigenvalue weighted by atomic mass is 9.93. The summed E-state index contributed by atoms with van der Waals surface area (Å²) in [6.45, 7) is 2.37. The summed E-state index contributed by atoms with van der Waals surface area (Å²) in [5.74, 6) is -0.142. The molecular weight excluding hydrogens is 296 g/mol. The molecule has 5 heteroatoms. The molecule has 3 N–H and O–H groups in total. The molecule has 0 amide bonds. The van der Waals surface area contributed by atoms with E-state index in [0.29, 0.717) is 13.0 Å². The molecule has 0 fully saturated rings. The van der Waals surface area contributed by atoms with Gasteiger partial charge in [0.25, 0.3) is 0 Å². The van der Waals surface area contributed by atoms with E-state index in [0.717, 1.165) is 38.5 Å². The molecule has 0 radical (unpaired) electrons. The summed E-state index contributed by atoms with van der Waals surface area (Å²) in [6, 6.07) is 2.54. The van der Waals surface area contributed by atoms with Crippen molar-refractivity contribution in [3.8, 4) is 17.2 Å². The van der Waals surface area contributed by atoms with E-state index in [4.69, 9.17) is 4.74 Å². The zero-order chi connectivity index (χ0) is 16.8. The van der Waals surface area contributed by atoms with Crippen LogP contribution in [0.5, 0.6) is 17.2 Å². The van der Waals surface area contributed by atoms with E-state index in [1.165, 1.54) is 12.1 Å². The number of aliphatic hydroxyl groups excluding tert-OH is 1. The van der Waals surface area contributed by atoms with Crippen molar-refractivity contribution in [1.29, 1.82) is 0 Å². The predicted molar refractivity (Wildman–Crippen MR) is 87.1 cm³/mol. The summed E-state index contributed by atoms with van der Waals surface area (Å²) in [5.41, 5.74) is 0.159. The van der Waals surface area contributed by atoms with Crippen LogP contribution in [0, 0.1) is 5.92 Å². The molecule has 1 aromatic rings. The number of aliphatic hydroxyl groups is 1. The topological polar surface area (TPSA) is 87.0 Å². The molecule has 0 saturated heterocycles. The first-order valence-electron chi connectivity index (χ1n) is 8.37. The van der Waals surface area contributed by atoms with Crippen LogP contribution in [-0.2, 0) is 0 Å². The Bertz CT molecular complexity index is 540. The summed E-state index contributed by atoms with van der Waals surface area (Å²) in [4.78, 5) is 12.5. The lowest BCUT2D eigenvalue weighted by Crippen LogP contribution is -2.12. The van der Waals surface area contributed by atoms with Crippen molar-refractivity contribution in [2.24, 2.45) is 5.92 Å². The van der Waals surface area contributed by atoms with Gasteiger partial charge in [0.15, 0.2) is 5.78 Å². The largest absolute Gasteiger partial charge is 0.508 e. The van der Waals surface area contributed by atoms with Gasteiger partial charge in [-0.25, -0.2) is 0 Å². The van der Waals surface area contributed by atoms with Crippen LogP contribution in [0.3, 0.4) is 0 Å². The fourth-order valence-electron chi connectivity index (χ4n) is 3.01. The monoisotopic (exact) mass is 322 g/mol. The molecule has 0 spiro atoms. The molecular formula is C18H26O5. The van der Waals surface area contributed by atoms with Gasteiger partial charge in [0.1, 0.15) is 22.8 Å². The van der Waals surface area contributed by atoms with Crippen molar-refractivity contribution in [3.63, 3.8) is 0 Å². The zero-order valence-corrected chi connectivity index (χ0v) is 13.6. The Morgan fingerprint density at radius 3 is 2.61 bits per heavy atom. The minimum atomic E-state index is -0.291. The average Bonchev–Trinajstić information content (AvgIpc) is 2.45. The van der Waals surface area contributed by atoms with Crippen molar-refractivity contribution in [2.45, 2.75) is 58.0 Å². The molecule has 0 aliphatic carbocycles. The second-order valence-electron chi connectivity index (χ2n) is 6.50. The first kappa shape index (κ1) is 17.6. The maximum atomic E-state index is 12.5. The number of benzene rings is 1. The number of aromatic hydroxyl groups is 2. The molecule has 2 atom stereocenters. The molecule has 1 aliphatic rings. The van der Waals surface area contributed by atoms with E-state index in [1.807, 2.05) is 6.92 Å². The van der Waals surface area contributed by atoms with Crippen LogP contribution >= 0.6 is 0 Å². The highest BCUT2D eigenvalue weighted by molar-refractivity contribution is 6.01. The number of phenols is 2. The van der Waals surface area contributed by atoms with Crippen LogP contribution in [0.4, 0.5) is 0 Å². The highest BCUT2D eigenvalue weighted by atomic mass is 16.5. The zero-order valence-electron chi connectivity index (χ0n) is 13.6. The fourth-order valence-corrected chi connectivity index (χ4v) is 3.01. The van der Waals surface area contributed by atoms with Crippen molar-refractivity contribution in [3.05, 3.63) is 17.7 Å². The van der Waals surface area contributed by atoms with Gasteiger partial charge in [-0.1, -0.05) is 19.8 Å². The Morgan fingerprint density at radius 2 is 1.83 bits per heavy atom. The first-order chi connectivity index (χ1) is 11.0. The SMILES string of the molecule is C[C@H]1CCC[C@H](O)CCCCOc2cc(O)cc(O)c2C(=O)C1. The van der Waals surface area contributed by atoms with Crippen LogP contribution in [-0.4, -0.2) is 33.8 Å². The van der Waals surface area contributed by atoms with Gasteiger partial charge in [0.2, 0.25) is 0 Å².